The van der Waals surface area contributed by atoms with Gasteiger partial charge in [0.2, 0.25) is 0 Å². The number of hydrogen-bond acceptors (Lipinski definition) is 7. The molecule has 158 valence electrons. The number of sulfonamides is 1. The molecular weight excluding hydrogens is 412 g/mol. The summed E-state index contributed by atoms with van der Waals surface area (Å²) in [7, 11) is -3.70. The van der Waals surface area contributed by atoms with Crippen molar-refractivity contribution in [2.24, 2.45) is 0 Å². The third-order valence-electron chi connectivity index (χ3n) is 5.24. The third kappa shape index (κ3) is 4.99. The van der Waals surface area contributed by atoms with Gasteiger partial charge in [0.1, 0.15) is 12.1 Å². The van der Waals surface area contributed by atoms with E-state index in [-0.39, 0.29) is 10.7 Å². The Labute approximate surface area is 181 Å². The monoisotopic (exact) mass is 434 g/mol. The molecule has 1 aliphatic rings. The summed E-state index contributed by atoms with van der Waals surface area (Å²) in [4.78, 5) is 12.4. The summed E-state index contributed by atoms with van der Waals surface area (Å²) >= 11 is 0. The van der Waals surface area contributed by atoms with Crippen molar-refractivity contribution >= 4 is 21.5 Å². The molecular formula is C22H22N6O2S. The van der Waals surface area contributed by atoms with Crippen molar-refractivity contribution < 1.29 is 8.42 Å². The van der Waals surface area contributed by atoms with E-state index in [4.69, 9.17) is 0 Å². The first-order valence-electron chi connectivity index (χ1n) is 9.89. The quantitative estimate of drug-likeness (QED) is 0.636. The maximum Gasteiger partial charge on any atom is 0.263 e. The van der Waals surface area contributed by atoms with Crippen LogP contribution in [0.25, 0.3) is 0 Å². The van der Waals surface area contributed by atoms with E-state index < -0.39 is 10.0 Å². The molecule has 31 heavy (non-hydrogen) atoms. The van der Waals surface area contributed by atoms with Crippen molar-refractivity contribution in [3.8, 4) is 6.07 Å². The Morgan fingerprint density at radius 3 is 2.42 bits per heavy atom. The number of nitrogens with zero attached hydrogens (tertiary/aromatic N) is 5. The van der Waals surface area contributed by atoms with Gasteiger partial charge in [-0.3, -0.25) is 9.62 Å². The molecule has 0 bridgehead atoms. The lowest BCUT2D eigenvalue weighted by atomic mass is 10.1. The molecule has 1 saturated heterocycles. The van der Waals surface area contributed by atoms with Crippen LogP contribution in [0.1, 0.15) is 11.1 Å². The number of aromatic nitrogens is 2. The van der Waals surface area contributed by atoms with E-state index in [1.165, 1.54) is 18.6 Å². The Hall–Kier alpha value is -3.48. The molecule has 0 radical (unpaired) electrons. The maximum absolute atomic E-state index is 12.5. The number of nitriles is 1. The smallest absolute Gasteiger partial charge is 0.263 e. The number of anilines is 2. The van der Waals surface area contributed by atoms with Crippen molar-refractivity contribution in [1.29, 1.82) is 5.26 Å². The van der Waals surface area contributed by atoms with E-state index in [1.54, 1.807) is 12.1 Å². The Bertz CT molecular complexity index is 1170. The summed E-state index contributed by atoms with van der Waals surface area (Å²) in [5.74, 6) is 0.230. The topological polar surface area (TPSA) is 102 Å². The average Bonchev–Trinajstić information content (AvgIpc) is 2.80. The lowest BCUT2D eigenvalue weighted by Gasteiger charge is -2.36. The van der Waals surface area contributed by atoms with Gasteiger partial charge in [0.05, 0.1) is 16.5 Å². The molecule has 0 aliphatic carbocycles. The first kappa shape index (κ1) is 20.8. The highest BCUT2D eigenvalue weighted by Crippen LogP contribution is 2.22. The van der Waals surface area contributed by atoms with Crippen molar-refractivity contribution in [3.63, 3.8) is 0 Å². The molecule has 1 N–H and O–H groups in total. The molecule has 0 spiro atoms. The van der Waals surface area contributed by atoms with Gasteiger partial charge in [-0.25, -0.2) is 18.4 Å². The molecule has 0 amide bonds. The summed E-state index contributed by atoms with van der Waals surface area (Å²) in [6, 6.07) is 18.3. The highest BCUT2D eigenvalue weighted by atomic mass is 32.2. The Kier molecular flexibility index (Phi) is 6.11. The van der Waals surface area contributed by atoms with E-state index in [1.807, 2.05) is 36.4 Å². The van der Waals surface area contributed by atoms with Gasteiger partial charge < -0.3 is 4.90 Å². The Morgan fingerprint density at radius 1 is 1.00 bits per heavy atom. The van der Waals surface area contributed by atoms with Crippen molar-refractivity contribution in [3.05, 3.63) is 78.2 Å². The minimum atomic E-state index is -3.70. The number of rotatable bonds is 6. The van der Waals surface area contributed by atoms with Gasteiger partial charge in [0.15, 0.2) is 0 Å². The molecule has 0 atom stereocenters. The average molecular weight is 435 g/mol. The van der Waals surface area contributed by atoms with Crippen molar-refractivity contribution in [2.45, 2.75) is 11.4 Å². The molecule has 1 aromatic heterocycles. The van der Waals surface area contributed by atoms with Gasteiger partial charge in [0, 0.05) is 44.6 Å². The van der Waals surface area contributed by atoms with Crippen LogP contribution in [-0.4, -0.2) is 49.5 Å². The van der Waals surface area contributed by atoms with Gasteiger partial charge in [-0.05, 0) is 42.0 Å². The van der Waals surface area contributed by atoms with Gasteiger partial charge in [-0.1, -0.05) is 18.2 Å². The summed E-state index contributed by atoms with van der Waals surface area (Å²) in [6.07, 6.45) is 2.77. The second-order valence-electron chi connectivity index (χ2n) is 7.23. The van der Waals surface area contributed by atoms with Crippen LogP contribution < -0.4 is 9.62 Å². The Morgan fingerprint density at radius 2 is 1.74 bits per heavy atom. The molecule has 8 nitrogen and oxygen atoms in total. The van der Waals surface area contributed by atoms with Crippen LogP contribution in [0.2, 0.25) is 0 Å². The van der Waals surface area contributed by atoms with Gasteiger partial charge in [-0.2, -0.15) is 5.26 Å². The van der Waals surface area contributed by atoms with Gasteiger partial charge in [0.25, 0.3) is 10.0 Å². The fourth-order valence-corrected chi connectivity index (χ4v) is 4.56. The minimum absolute atomic E-state index is 0.182. The summed E-state index contributed by atoms with van der Waals surface area (Å²) in [6.45, 7) is 4.16. The molecule has 0 saturated carbocycles. The van der Waals surface area contributed by atoms with Crippen molar-refractivity contribution in [2.75, 3.05) is 35.8 Å². The Balaban J connectivity index is 1.37. The largest absolute Gasteiger partial charge is 0.369 e. The lowest BCUT2D eigenvalue weighted by Crippen LogP contribution is -2.46. The van der Waals surface area contributed by atoms with Crippen LogP contribution in [0.5, 0.6) is 0 Å². The normalized spacial score (nSPS) is 14.7. The van der Waals surface area contributed by atoms with E-state index in [0.717, 1.165) is 49.5 Å². The van der Waals surface area contributed by atoms with E-state index >= 15 is 0 Å². The van der Waals surface area contributed by atoms with E-state index in [0.29, 0.717) is 0 Å². The predicted molar refractivity (Wildman–Crippen MR) is 118 cm³/mol. The number of nitrogens with one attached hydrogen (secondary N) is 1. The van der Waals surface area contributed by atoms with Crippen molar-refractivity contribution in [1.82, 2.24) is 14.9 Å². The van der Waals surface area contributed by atoms with Crippen LogP contribution in [0, 0.1) is 11.3 Å². The fourth-order valence-electron chi connectivity index (χ4n) is 3.56. The van der Waals surface area contributed by atoms with E-state index in [2.05, 4.69) is 30.6 Å². The minimum Gasteiger partial charge on any atom is -0.369 e. The first-order chi connectivity index (χ1) is 15.0. The SMILES string of the molecule is N#Cc1ccccc1CN1CCN(c2ccc(S(=O)(=O)Nc3ccncn3)cc2)CC1. The zero-order valence-electron chi connectivity index (χ0n) is 16.8. The number of piperazine rings is 1. The molecule has 9 heteroatoms. The summed E-state index contributed by atoms with van der Waals surface area (Å²) in [5, 5.41) is 9.27. The van der Waals surface area contributed by atoms with Crippen LogP contribution in [0.3, 0.4) is 0 Å². The second kappa shape index (κ2) is 9.12. The van der Waals surface area contributed by atoms with Crippen LogP contribution in [-0.2, 0) is 16.6 Å². The molecule has 0 unspecified atom stereocenters. The third-order valence-corrected chi connectivity index (χ3v) is 6.61. The predicted octanol–water partition coefficient (Wildman–Crippen LogP) is 2.47. The fraction of sp³-hybridized carbons (Fsp3) is 0.227. The molecule has 1 fully saturated rings. The molecule has 3 aromatic rings. The van der Waals surface area contributed by atoms with Gasteiger partial charge in [-0.15, -0.1) is 0 Å². The molecule has 1 aliphatic heterocycles. The second-order valence-corrected chi connectivity index (χ2v) is 8.91. The molecule has 2 aromatic carbocycles. The van der Waals surface area contributed by atoms with Gasteiger partial charge >= 0.3 is 0 Å². The maximum atomic E-state index is 12.5. The summed E-state index contributed by atoms with van der Waals surface area (Å²) < 4.78 is 27.5. The zero-order chi connectivity index (χ0) is 21.7. The highest BCUT2D eigenvalue weighted by Gasteiger charge is 2.20. The van der Waals surface area contributed by atoms with Crippen LogP contribution in [0.4, 0.5) is 11.5 Å². The number of hydrogen-bond donors (Lipinski definition) is 1. The molecule has 2 heterocycles. The van der Waals surface area contributed by atoms with E-state index in [9.17, 15) is 13.7 Å². The van der Waals surface area contributed by atoms with Crippen LogP contribution >= 0.6 is 0 Å². The standard InChI is InChI=1S/C22H22N6O2S/c23-15-18-3-1-2-4-19(18)16-27-11-13-28(14-12-27)20-5-7-21(8-6-20)31(29,30)26-22-9-10-24-17-25-22/h1-10,17H,11-14,16H2,(H,24,25,26). The first-order valence-corrected chi connectivity index (χ1v) is 11.4. The number of benzene rings is 2. The zero-order valence-corrected chi connectivity index (χ0v) is 17.7. The molecule has 4 rings (SSSR count). The highest BCUT2D eigenvalue weighted by molar-refractivity contribution is 7.92. The van der Waals surface area contributed by atoms with Crippen LogP contribution in [0.15, 0.2) is 72.0 Å². The lowest BCUT2D eigenvalue weighted by molar-refractivity contribution is 0.249. The summed E-state index contributed by atoms with van der Waals surface area (Å²) in [5.41, 5.74) is 2.75.